The average Bonchev–Trinajstić information content (AvgIpc) is 2.50. The van der Waals surface area contributed by atoms with Gasteiger partial charge in [0.25, 0.3) is 0 Å². The van der Waals surface area contributed by atoms with Gasteiger partial charge in [-0.3, -0.25) is 0 Å². The second kappa shape index (κ2) is 10.1. The summed E-state index contributed by atoms with van der Waals surface area (Å²) >= 11 is 3.90. The molecule has 2 atom stereocenters. The highest BCUT2D eigenvalue weighted by molar-refractivity contribution is 9.09. The minimum atomic E-state index is 0.379. The van der Waals surface area contributed by atoms with E-state index in [2.05, 4.69) is 41.9 Å². The molecule has 0 amide bonds. The third-order valence-electron chi connectivity index (χ3n) is 3.75. The molecule has 1 aromatic rings. The van der Waals surface area contributed by atoms with E-state index in [1.807, 2.05) is 19.9 Å². The highest BCUT2D eigenvalue weighted by Gasteiger charge is 2.20. The summed E-state index contributed by atoms with van der Waals surface area (Å²) in [6.45, 7) is 9.83. The standard InChI is InChI=1S/C18H29BrO2/c1-5-9-10-14(6-2)18(19)15-11-12-16(20-7-3)17(13-15)21-8-4/h11-14,18H,5-10H2,1-4H3. The molecule has 0 radical (unpaired) electrons. The zero-order valence-corrected chi connectivity index (χ0v) is 15.4. The predicted molar refractivity (Wildman–Crippen MR) is 93.8 cm³/mol. The molecule has 2 unspecified atom stereocenters. The van der Waals surface area contributed by atoms with Crippen molar-refractivity contribution in [3.63, 3.8) is 0 Å². The molecular weight excluding hydrogens is 328 g/mol. The van der Waals surface area contributed by atoms with Crippen molar-refractivity contribution in [2.24, 2.45) is 5.92 Å². The molecule has 3 heteroatoms. The Morgan fingerprint density at radius 2 is 1.67 bits per heavy atom. The van der Waals surface area contributed by atoms with E-state index in [0.29, 0.717) is 24.0 Å². The van der Waals surface area contributed by atoms with Crippen LogP contribution in [0.3, 0.4) is 0 Å². The fraction of sp³-hybridized carbons (Fsp3) is 0.667. The first-order chi connectivity index (χ1) is 10.2. The second-order valence-electron chi connectivity index (χ2n) is 5.28. The van der Waals surface area contributed by atoms with E-state index in [1.54, 1.807) is 0 Å². The van der Waals surface area contributed by atoms with Crippen LogP contribution in [0.5, 0.6) is 11.5 Å². The SMILES string of the molecule is CCCCC(CC)C(Br)c1ccc(OCC)c(OCC)c1. The van der Waals surface area contributed by atoms with Gasteiger partial charge in [-0.15, -0.1) is 0 Å². The van der Waals surface area contributed by atoms with Crippen LogP contribution >= 0.6 is 15.9 Å². The Kier molecular flexibility index (Phi) is 8.82. The number of halogens is 1. The van der Waals surface area contributed by atoms with Crippen LogP contribution in [-0.2, 0) is 0 Å². The molecule has 1 rings (SSSR count). The Morgan fingerprint density at radius 1 is 1.00 bits per heavy atom. The number of hydrogen-bond donors (Lipinski definition) is 0. The van der Waals surface area contributed by atoms with E-state index in [1.165, 1.54) is 31.2 Å². The van der Waals surface area contributed by atoms with Crippen molar-refractivity contribution in [2.75, 3.05) is 13.2 Å². The molecule has 120 valence electrons. The molecule has 0 aliphatic heterocycles. The molecule has 21 heavy (non-hydrogen) atoms. The summed E-state index contributed by atoms with van der Waals surface area (Å²) in [6.07, 6.45) is 4.99. The Morgan fingerprint density at radius 3 is 2.24 bits per heavy atom. The Hall–Kier alpha value is -0.700. The normalized spacial score (nSPS) is 13.8. The van der Waals surface area contributed by atoms with Crippen LogP contribution in [0.4, 0.5) is 0 Å². The molecule has 0 bridgehead atoms. The maximum absolute atomic E-state index is 5.73. The topological polar surface area (TPSA) is 18.5 Å². The number of alkyl halides is 1. The average molecular weight is 357 g/mol. The zero-order chi connectivity index (χ0) is 15.7. The van der Waals surface area contributed by atoms with Gasteiger partial charge in [0.2, 0.25) is 0 Å². The first-order valence-electron chi connectivity index (χ1n) is 8.21. The summed E-state index contributed by atoms with van der Waals surface area (Å²) in [5.41, 5.74) is 1.28. The predicted octanol–water partition coefficient (Wildman–Crippen LogP) is 6.14. The fourth-order valence-electron chi connectivity index (χ4n) is 2.54. The minimum Gasteiger partial charge on any atom is -0.490 e. The van der Waals surface area contributed by atoms with Crippen LogP contribution in [0, 0.1) is 5.92 Å². The monoisotopic (exact) mass is 356 g/mol. The lowest BCUT2D eigenvalue weighted by atomic mass is 9.91. The van der Waals surface area contributed by atoms with E-state index in [-0.39, 0.29) is 0 Å². The summed E-state index contributed by atoms with van der Waals surface area (Å²) in [5.74, 6) is 2.36. The summed E-state index contributed by atoms with van der Waals surface area (Å²) in [5, 5.41) is 0. The maximum atomic E-state index is 5.73. The van der Waals surface area contributed by atoms with Crippen molar-refractivity contribution in [3.05, 3.63) is 23.8 Å². The smallest absolute Gasteiger partial charge is 0.161 e. The van der Waals surface area contributed by atoms with Crippen LogP contribution < -0.4 is 9.47 Å². The van der Waals surface area contributed by atoms with E-state index < -0.39 is 0 Å². The van der Waals surface area contributed by atoms with Crippen molar-refractivity contribution >= 4 is 15.9 Å². The van der Waals surface area contributed by atoms with Crippen LogP contribution in [0.15, 0.2) is 18.2 Å². The lowest BCUT2D eigenvalue weighted by Crippen LogP contribution is -2.08. The van der Waals surface area contributed by atoms with Gasteiger partial charge in [0, 0.05) is 4.83 Å². The Labute approximate surface area is 138 Å². The molecule has 0 saturated heterocycles. The molecule has 0 saturated carbocycles. The third-order valence-corrected chi connectivity index (χ3v) is 5.03. The van der Waals surface area contributed by atoms with Gasteiger partial charge >= 0.3 is 0 Å². The zero-order valence-electron chi connectivity index (χ0n) is 13.8. The molecule has 0 aliphatic carbocycles. The van der Waals surface area contributed by atoms with Gasteiger partial charge in [-0.25, -0.2) is 0 Å². The molecule has 0 N–H and O–H groups in total. The van der Waals surface area contributed by atoms with Crippen LogP contribution in [0.25, 0.3) is 0 Å². The van der Waals surface area contributed by atoms with Gasteiger partial charge in [-0.05, 0) is 43.9 Å². The maximum Gasteiger partial charge on any atom is 0.161 e. The first kappa shape index (κ1) is 18.3. The van der Waals surface area contributed by atoms with Crippen LogP contribution in [0.1, 0.15) is 63.8 Å². The lowest BCUT2D eigenvalue weighted by Gasteiger charge is -2.22. The summed E-state index contributed by atoms with van der Waals surface area (Å²) in [7, 11) is 0. The summed E-state index contributed by atoms with van der Waals surface area (Å²) < 4.78 is 11.4. The van der Waals surface area contributed by atoms with Crippen molar-refractivity contribution in [1.29, 1.82) is 0 Å². The van der Waals surface area contributed by atoms with Crippen molar-refractivity contribution in [2.45, 2.75) is 58.2 Å². The van der Waals surface area contributed by atoms with Crippen molar-refractivity contribution in [3.8, 4) is 11.5 Å². The number of rotatable bonds is 10. The third kappa shape index (κ3) is 5.54. The molecule has 1 aromatic carbocycles. The van der Waals surface area contributed by atoms with Gasteiger partial charge in [0.1, 0.15) is 0 Å². The van der Waals surface area contributed by atoms with Gasteiger partial charge in [-0.2, -0.15) is 0 Å². The van der Waals surface area contributed by atoms with Gasteiger partial charge in [-0.1, -0.05) is 55.1 Å². The van der Waals surface area contributed by atoms with Gasteiger partial charge in [0.15, 0.2) is 11.5 Å². The van der Waals surface area contributed by atoms with E-state index >= 15 is 0 Å². The molecule has 0 heterocycles. The van der Waals surface area contributed by atoms with Gasteiger partial charge < -0.3 is 9.47 Å². The van der Waals surface area contributed by atoms with Crippen molar-refractivity contribution in [1.82, 2.24) is 0 Å². The molecular formula is C18H29BrO2. The molecule has 0 aliphatic rings. The fourth-order valence-corrected chi connectivity index (χ4v) is 3.46. The lowest BCUT2D eigenvalue weighted by molar-refractivity contribution is 0.287. The van der Waals surface area contributed by atoms with Crippen LogP contribution in [-0.4, -0.2) is 13.2 Å². The molecule has 0 aromatic heterocycles. The van der Waals surface area contributed by atoms with Gasteiger partial charge in [0.05, 0.1) is 13.2 Å². The quantitative estimate of drug-likeness (QED) is 0.469. The van der Waals surface area contributed by atoms with E-state index in [4.69, 9.17) is 9.47 Å². The van der Waals surface area contributed by atoms with E-state index in [9.17, 15) is 0 Å². The van der Waals surface area contributed by atoms with Crippen molar-refractivity contribution < 1.29 is 9.47 Å². The molecule has 0 fully saturated rings. The number of ether oxygens (including phenoxy) is 2. The summed E-state index contributed by atoms with van der Waals surface area (Å²) in [4.78, 5) is 0.379. The summed E-state index contributed by atoms with van der Waals surface area (Å²) in [6, 6.07) is 6.31. The minimum absolute atomic E-state index is 0.379. The largest absolute Gasteiger partial charge is 0.490 e. The Bertz CT molecular complexity index is 406. The number of benzene rings is 1. The molecule has 0 spiro atoms. The highest BCUT2D eigenvalue weighted by atomic mass is 79.9. The second-order valence-corrected chi connectivity index (χ2v) is 6.27. The number of unbranched alkanes of at least 4 members (excludes halogenated alkanes) is 1. The van der Waals surface area contributed by atoms with Crippen LogP contribution in [0.2, 0.25) is 0 Å². The van der Waals surface area contributed by atoms with E-state index in [0.717, 1.165) is 11.5 Å². The number of hydrogen-bond acceptors (Lipinski definition) is 2. The Balaban J connectivity index is 2.92. The highest BCUT2D eigenvalue weighted by Crippen LogP contribution is 2.39. The molecule has 2 nitrogen and oxygen atoms in total. The first-order valence-corrected chi connectivity index (χ1v) is 9.12.